The topological polar surface area (TPSA) is 38.9 Å². The van der Waals surface area contributed by atoms with Gasteiger partial charge in [0, 0.05) is 17.5 Å². The van der Waals surface area contributed by atoms with Crippen molar-refractivity contribution < 1.29 is 0 Å². The Hall–Kier alpha value is -0.540. The third-order valence-corrected chi connectivity index (χ3v) is 3.65. The maximum absolute atomic E-state index is 6.18. The van der Waals surface area contributed by atoms with Crippen LogP contribution in [0.15, 0.2) is 12.1 Å². The average molecular weight is 290 g/mol. The van der Waals surface area contributed by atoms with E-state index < -0.39 is 0 Å². The summed E-state index contributed by atoms with van der Waals surface area (Å²) in [5.41, 5.74) is 8.13. The minimum Gasteiger partial charge on any atom is -0.330 e. The number of aryl methyl sites for hydroxylation is 1. The fraction of sp³-hybridized carbons (Fsp3) is 0.250. The second-order valence-corrected chi connectivity index (χ2v) is 5.04. The lowest BCUT2D eigenvalue weighted by molar-refractivity contribution is 0.930. The molecule has 2 rings (SSSR count). The first-order chi connectivity index (χ1) is 8.04. The van der Waals surface area contributed by atoms with Crippen LogP contribution in [0.2, 0.25) is 15.1 Å². The van der Waals surface area contributed by atoms with E-state index in [9.17, 15) is 0 Å². The second-order valence-electron chi connectivity index (χ2n) is 3.85. The predicted octanol–water partition coefficient (Wildman–Crippen LogP) is 4.00. The first kappa shape index (κ1) is 12.9. The van der Waals surface area contributed by atoms with Gasteiger partial charge in [-0.1, -0.05) is 34.8 Å². The van der Waals surface area contributed by atoms with Crippen molar-refractivity contribution >= 4 is 45.7 Å². The van der Waals surface area contributed by atoms with Gasteiger partial charge >= 0.3 is 0 Å². The van der Waals surface area contributed by atoms with Gasteiger partial charge in [-0.15, -0.1) is 0 Å². The van der Waals surface area contributed by atoms with Gasteiger partial charge in [0.05, 0.1) is 20.6 Å². The molecular formula is C12H11Cl3N2. The summed E-state index contributed by atoms with van der Waals surface area (Å²) < 4.78 is 0. The van der Waals surface area contributed by atoms with Crippen molar-refractivity contribution in [3.8, 4) is 0 Å². The zero-order valence-electron chi connectivity index (χ0n) is 9.23. The predicted molar refractivity (Wildman–Crippen MR) is 74.3 cm³/mol. The third kappa shape index (κ3) is 2.36. The molecule has 0 aliphatic rings. The third-order valence-electron chi connectivity index (χ3n) is 2.58. The molecule has 0 spiro atoms. The van der Waals surface area contributed by atoms with Crippen molar-refractivity contribution in [1.82, 2.24) is 4.98 Å². The molecule has 0 saturated carbocycles. The monoisotopic (exact) mass is 288 g/mol. The summed E-state index contributed by atoms with van der Waals surface area (Å²) in [5.74, 6) is 0. The van der Waals surface area contributed by atoms with Crippen molar-refractivity contribution in [3.05, 3.63) is 38.5 Å². The van der Waals surface area contributed by atoms with Crippen LogP contribution in [0.5, 0.6) is 0 Å². The molecule has 0 radical (unpaired) electrons. The van der Waals surface area contributed by atoms with E-state index in [1.165, 1.54) is 0 Å². The van der Waals surface area contributed by atoms with E-state index >= 15 is 0 Å². The molecule has 0 aliphatic carbocycles. The van der Waals surface area contributed by atoms with Crippen LogP contribution in [0.25, 0.3) is 10.9 Å². The number of nitrogens with zero attached hydrogens (tertiary/aromatic N) is 1. The summed E-state index contributed by atoms with van der Waals surface area (Å²) in [6.45, 7) is 2.51. The number of aromatic nitrogens is 1. The highest BCUT2D eigenvalue weighted by atomic mass is 35.5. The zero-order valence-corrected chi connectivity index (χ0v) is 11.5. The van der Waals surface area contributed by atoms with Gasteiger partial charge < -0.3 is 5.73 Å². The van der Waals surface area contributed by atoms with Gasteiger partial charge in [0.25, 0.3) is 0 Å². The fourth-order valence-corrected chi connectivity index (χ4v) is 2.63. The molecule has 0 unspecified atom stereocenters. The Kier molecular flexibility index (Phi) is 3.79. The van der Waals surface area contributed by atoms with Gasteiger partial charge in [0.1, 0.15) is 0 Å². The van der Waals surface area contributed by atoms with E-state index in [1.807, 2.05) is 13.0 Å². The maximum atomic E-state index is 6.18. The summed E-state index contributed by atoms with van der Waals surface area (Å²) >= 11 is 18.3. The van der Waals surface area contributed by atoms with Gasteiger partial charge in [-0.2, -0.15) is 0 Å². The number of nitrogens with two attached hydrogens (primary N) is 1. The van der Waals surface area contributed by atoms with E-state index in [-0.39, 0.29) is 0 Å². The van der Waals surface area contributed by atoms with E-state index in [1.54, 1.807) is 6.07 Å². The summed E-state index contributed by atoms with van der Waals surface area (Å²) in [6.07, 6.45) is 0.716. The fourth-order valence-electron chi connectivity index (χ4n) is 1.83. The van der Waals surface area contributed by atoms with E-state index in [4.69, 9.17) is 40.5 Å². The van der Waals surface area contributed by atoms with Crippen LogP contribution >= 0.6 is 34.8 Å². The molecule has 1 aromatic heterocycles. The highest BCUT2D eigenvalue weighted by Crippen LogP contribution is 2.36. The Morgan fingerprint density at radius 1 is 1.18 bits per heavy atom. The molecule has 0 aliphatic heterocycles. The smallest absolute Gasteiger partial charge is 0.0910 e. The highest BCUT2D eigenvalue weighted by molar-refractivity contribution is 6.47. The number of rotatable bonds is 2. The molecule has 0 amide bonds. The summed E-state index contributed by atoms with van der Waals surface area (Å²) in [5, 5.41) is 2.26. The summed E-state index contributed by atoms with van der Waals surface area (Å²) in [7, 11) is 0. The summed E-state index contributed by atoms with van der Waals surface area (Å²) in [6, 6.07) is 3.58. The van der Waals surface area contributed by atoms with E-state index in [2.05, 4.69) is 4.98 Å². The Morgan fingerprint density at radius 3 is 2.53 bits per heavy atom. The van der Waals surface area contributed by atoms with Gasteiger partial charge in [0.15, 0.2) is 0 Å². The van der Waals surface area contributed by atoms with Crippen LogP contribution in [0.4, 0.5) is 0 Å². The zero-order chi connectivity index (χ0) is 12.6. The molecular weight excluding hydrogens is 279 g/mol. The van der Waals surface area contributed by atoms with Crippen LogP contribution in [0, 0.1) is 6.92 Å². The number of hydrogen-bond donors (Lipinski definition) is 1. The quantitative estimate of drug-likeness (QED) is 0.849. The van der Waals surface area contributed by atoms with Crippen molar-refractivity contribution in [3.63, 3.8) is 0 Å². The number of hydrogen-bond acceptors (Lipinski definition) is 2. The van der Waals surface area contributed by atoms with Crippen LogP contribution in [0.1, 0.15) is 11.3 Å². The highest BCUT2D eigenvalue weighted by Gasteiger charge is 2.13. The van der Waals surface area contributed by atoms with Crippen LogP contribution in [-0.4, -0.2) is 11.5 Å². The standard InChI is InChI=1S/C12H11Cl3N2/c1-6-4-7(2-3-16)17-12-9(14)5-8(13)11(15)10(6)12/h4-5H,2-3,16H2,1H3. The molecule has 17 heavy (non-hydrogen) atoms. The Morgan fingerprint density at radius 2 is 1.88 bits per heavy atom. The molecule has 2 nitrogen and oxygen atoms in total. The lowest BCUT2D eigenvalue weighted by Gasteiger charge is -2.10. The minimum atomic E-state index is 0.445. The van der Waals surface area contributed by atoms with Gasteiger partial charge in [0.2, 0.25) is 0 Å². The van der Waals surface area contributed by atoms with E-state index in [0.717, 1.165) is 16.6 Å². The van der Waals surface area contributed by atoms with Crippen LogP contribution in [-0.2, 0) is 6.42 Å². The van der Waals surface area contributed by atoms with Crippen LogP contribution < -0.4 is 5.73 Å². The van der Waals surface area contributed by atoms with Crippen molar-refractivity contribution in [2.45, 2.75) is 13.3 Å². The largest absolute Gasteiger partial charge is 0.330 e. The van der Waals surface area contributed by atoms with Crippen LogP contribution in [0.3, 0.4) is 0 Å². The molecule has 0 bridgehead atoms. The second kappa shape index (κ2) is 4.99. The number of pyridine rings is 1. The van der Waals surface area contributed by atoms with Gasteiger partial charge in [-0.3, -0.25) is 4.98 Å². The molecule has 1 heterocycles. The lowest BCUT2D eigenvalue weighted by atomic mass is 10.1. The molecule has 2 aromatic rings. The first-order valence-corrected chi connectivity index (χ1v) is 6.31. The minimum absolute atomic E-state index is 0.445. The molecule has 1 aromatic carbocycles. The molecule has 2 N–H and O–H groups in total. The van der Waals surface area contributed by atoms with Gasteiger partial charge in [-0.25, -0.2) is 0 Å². The lowest BCUT2D eigenvalue weighted by Crippen LogP contribution is -2.05. The molecule has 0 fully saturated rings. The molecule has 90 valence electrons. The normalized spacial score (nSPS) is 11.1. The number of benzene rings is 1. The van der Waals surface area contributed by atoms with Crippen molar-refractivity contribution in [2.75, 3.05) is 6.54 Å². The SMILES string of the molecule is Cc1cc(CCN)nc2c(Cl)cc(Cl)c(Cl)c12. The Bertz CT molecular complexity index is 582. The first-order valence-electron chi connectivity index (χ1n) is 5.18. The Balaban J connectivity index is 2.81. The van der Waals surface area contributed by atoms with Crippen molar-refractivity contribution in [2.24, 2.45) is 5.73 Å². The summed E-state index contributed by atoms with van der Waals surface area (Å²) in [4.78, 5) is 4.47. The maximum Gasteiger partial charge on any atom is 0.0910 e. The number of halogens is 3. The van der Waals surface area contributed by atoms with E-state index in [0.29, 0.717) is 33.6 Å². The molecule has 0 saturated heterocycles. The number of fused-ring (bicyclic) bond motifs is 1. The average Bonchev–Trinajstić information content (AvgIpc) is 2.26. The van der Waals surface area contributed by atoms with Gasteiger partial charge in [-0.05, 0) is 31.2 Å². The Labute approximate surface area is 115 Å². The molecule has 5 heteroatoms. The van der Waals surface area contributed by atoms with Crippen molar-refractivity contribution in [1.29, 1.82) is 0 Å². The molecule has 0 atom stereocenters.